The molecule has 0 unspecified atom stereocenters. The summed E-state index contributed by atoms with van der Waals surface area (Å²) in [5.74, 6) is -0.184. The molecule has 2 saturated heterocycles. The van der Waals surface area contributed by atoms with Crippen molar-refractivity contribution in [2.45, 2.75) is 69.8 Å². The Labute approximate surface area is 120 Å². The molecule has 2 heterocycles. The molecule has 0 bridgehead atoms. The minimum absolute atomic E-state index is 0.184. The van der Waals surface area contributed by atoms with Gasteiger partial charge in [0.25, 0.3) is 5.91 Å². The van der Waals surface area contributed by atoms with Crippen LogP contribution >= 0.6 is 0 Å². The van der Waals surface area contributed by atoms with Crippen LogP contribution in [0.25, 0.3) is 0 Å². The molecule has 2 aliphatic rings. The smallest absolute Gasteiger partial charge is 0.254 e. The van der Waals surface area contributed by atoms with Crippen molar-refractivity contribution in [1.29, 1.82) is 0 Å². The van der Waals surface area contributed by atoms with Gasteiger partial charge < -0.3 is 15.2 Å². The Morgan fingerprint density at radius 2 is 2.00 bits per heavy atom. The molecule has 0 radical (unpaired) electrons. The van der Waals surface area contributed by atoms with Gasteiger partial charge in [-0.25, -0.2) is 0 Å². The van der Waals surface area contributed by atoms with Gasteiger partial charge in [-0.2, -0.15) is 0 Å². The van der Waals surface area contributed by atoms with E-state index in [1.807, 2.05) is 0 Å². The summed E-state index contributed by atoms with van der Waals surface area (Å²) in [5.41, 5.74) is -1.15. The average Bonchev–Trinajstić information content (AvgIpc) is 3.18. The number of morpholine rings is 1. The quantitative estimate of drug-likeness (QED) is 0.387. The lowest BCUT2D eigenvalue weighted by Gasteiger charge is -2.22. The van der Waals surface area contributed by atoms with Crippen LogP contribution in [0.2, 0.25) is 0 Å². The molecule has 4 heteroatoms. The summed E-state index contributed by atoms with van der Waals surface area (Å²) in [7, 11) is 0. The number of ether oxygens (including phenoxy) is 1. The van der Waals surface area contributed by atoms with Crippen molar-refractivity contribution in [3.63, 3.8) is 0 Å². The fraction of sp³-hybridized carbons (Fsp3) is 0.688. The largest absolute Gasteiger partial charge is 0.368 e. The van der Waals surface area contributed by atoms with Crippen molar-refractivity contribution in [3.05, 3.63) is 24.3 Å². The summed E-state index contributed by atoms with van der Waals surface area (Å²) in [6.45, 7) is 2.21. The first-order valence-electron chi connectivity index (χ1n) is 7.67. The number of nitrogens with one attached hydrogen (secondary N) is 1. The van der Waals surface area contributed by atoms with Gasteiger partial charge in [0, 0.05) is 6.42 Å². The molecule has 1 amide bonds. The molecule has 2 fully saturated rings. The third-order valence-electron chi connectivity index (χ3n) is 3.83. The van der Waals surface area contributed by atoms with Gasteiger partial charge in [-0.15, -0.1) is 0 Å². The minimum Gasteiger partial charge on any atom is -0.368 e. The lowest BCUT2D eigenvalue weighted by atomic mass is 10.0. The molecule has 0 aromatic heterocycles. The first-order chi connectivity index (χ1) is 9.67. The van der Waals surface area contributed by atoms with Crippen LogP contribution in [0, 0.1) is 0 Å². The molecule has 112 valence electrons. The van der Waals surface area contributed by atoms with Crippen molar-refractivity contribution >= 4 is 5.91 Å². The molecule has 0 aromatic rings. The zero-order valence-electron chi connectivity index (χ0n) is 12.2. The Hall–Kier alpha value is -1.13. The lowest BCUT2D eigenvalue weighted by Crippen LogP contribution is -2.47. The van der Waals surface area contributed by atoms with Gasteiger partial charge in [-0.3, -0.25) is 4.79 Å². The van der Waals surface area contributed by atoms with Crippen molar-refractivity contribution < 1.29 is 14.6 Å². The second-order valence-electron chi connectivity index (χ2n) is 5.60. The van der Waals surface area contributed by atoms with E-state index >= 15 is 0 Å². The predicted molar refractivity (Wildman–Crippen MR) is 78.0 cm³/mol. The number of hydrogen-bond donors (Lipinski definition) is 2. The average molecular weight is 279 g/mol. The van der Waals surface area contributed by atoms with E-state index in [9.17, 15) is 9.90 Å². The van der Waals surface area contributed by atoms with Crippen LogP contribution < -0.4 is 5.32 Å². The summed E-state index contributed by atoms with van der Waals surface area (Å²) < 4.78 is 5.13. The van der Waals surface area contributed by atoms with Crippen molar-refractivity contribution in [2.24, 2.45) is 0 Å². The van der Waals surface area contributed by atoms with Gasteiger partial charge in [-0.05, 0) is 25.7 Å². The predicted octanol–water partition coefficient (Wildman–Crippen LogP) is 2.44. The highest BCUT2D eigenvalue weighted by Crippen LogP contribution is 2.39. The monoisotopic (exact) mass is 279 g/mol. The molecule has 0 aromatic carbocycles. The maximum atomic E-state index is 11.3. The lowest BCUT2D eigenvalue weighted by molar-refractivity contribution is -0.129. The molecule has 0 spiro atoms. The number of allylic oxidation sites excluding steroid dienone is 4. The third-order valence-corrected chi connectivity index (χ3v) is 3.83. The maximum absolute atomic E-state index is 11.3. The molecule has 3 atom stereocenters. The summed E-state index contributed by atoms with van der Waals surface area (Å²) in [5, 5.41) is 12.8. The van der Waals surface area contributed by atoms with E-state index in [4.69, 9.17) is 4.74 Å². The van der Waals surface area contributed by atoms with Crippen LogP contribution in [-0.4, -0.2) is 28.9 Å². The standard InChI is InChI=1S/C16H25NO3/c1-2-3-4-5-6-7-8-9-10-11-12-16(19)14-13(20-14)15(18)17-16/h6-7,9-10,13-14,19H,2-5,8,11-12H2,1H3,(H,17,18)/b7-6+,10-9+/t13-,14+,16+/m1/s1. The van der Waals surface area contributed by atoms with Gasteiger partial charge in [0.15, 0.2) is 11.8 Å². The molecule has 2 N–H and O–H groups in total. The zero-order chi connectivity index (χ0) is 14.4. The summed E-state index contributed by atoms with van der Waals surface area (Å²) in [6, 6.07) is 0. The Morgan fingerprint density at radius 1 is 1.25 bits per heavy atom. The summed E-state index contributed by atoms with van der Waals surface area (Å²) in [4.78, 5) is 11.3. The third kappa shape index (κ3) is 3.93. The normalized spacial score (nSPS) is 32.0. The van der Waals surface area contributed by atoms with Gasteiger partial charge in [0.2, 0.25) is 0 Å². The number of hydrogen-bond acceptors (Lipinski definition) is 3. The number of aliphatic hydroxyl groups is 1. The number of fused-ring (bicyclic) bond motifs is 1. The Balaban J connectivity index is 1.55. The Kier molecular flexibility index (Phi) is 5.38. The Morgan fingerprint density at radius 3 is 2.60 bits per heavy atom. The highest BCUT2D eigenvalue weighted by atomic mass is 16.6. The molecule has 2 aliphatic heterocycles. The van der Waals surface area contributed by atoms with Crippen molar-refractivity contribution in [3.8, 4) is 0 Å². The number of unbranched alkanes of at least 4 members (excludes halogenated alkanes) is 3. The topological polar surface area (TPSA) is 61.9 Å². The van der Waals surface area contributed by atoms with Gasteiger partial charge in [0.05, 0.1) is 0 Å². The first kappa shape index (κ1) is 15.3. The highest BCUT2D eigenvalue weighted by molar-refractivity contribution is 5.88. The van der Waals surface area contributed by atoms with Crippen molar-refractivity contribution in [2.75, 3.05) is 0 Å². The van der Waals surface area contributed by atoms with Crippen LogP contribution in [0.15, 0.2) is 24.3 Å². The van der Waals surface area contributed by atoms with E-state index in [1.54, 1.807) is 0 Å². The molecule has 0 saturated carbocycles. The van der Waals surface area contributed by atoms with Gasteiger partial charge in [-0.1, -0.05) is 44.1 Å². The fourth-order valence-electron chi connectivity index (χ4n) is 2.56. The maximum Gasteiger partial charge on any atom is 0.254 e. The molecule has 20 heavy (non-hydrogen) atoms. The SMILES string of the molecule is CCCCC/C=C/C/C=C/CC[C@@]1(O)NC(=O)[C@@H]2O[C@@H]21. The van der Waals surface area contributed by atoms with Crippen LogP contribution in [0.5, 0.6) is 0 Å². The van der Waals surface area contributed by atoms with Crippen LogP contribution in [0.3, 0.4) is 0 Å². The van der Waals surface area contributed by atoms with E-state index in [0.717, 1.165) is 19.3 Å². The van der Waals surface area contributed by atoms with E-state index in [0.29, 0.717) is 6.42 Å². The van der Waals surface area contributed by atoms with E-state index < -0.39 is 11.8 Å². The second-order valence-corrected chi connectivity index (χ2v) is 5.60. The zero-order valence-corrected chi connectivity index (χ0v) is 12.2. The van der Waals surface area contributed by atoms with E-state index in [2.05, 4.69) is 36.5 Å². The number of carbonyl (C=O) groups excluding carboxylic acids is 1. The fourth-order valence-corrected chi connectivity index (χ4v) is 2.56. The van der Waals surface area contributed by atoms with Crippen LogP contribution in [0.1, 0.15) is 51.9 Å². The van der Waals surface area contributed by atoms with E-state index in [-0.39, 0.29) is 12.0 Å². The van der Waals surface area contributed by atoms with E-state index in [1.165, 1.54) is 19.3 Å². The number of rotatable bonds is 9. The molecule has 0 aliphatic carbocycles. The van der Waals surface area contributed by atoms with Crippen LogP contribution in [0.4, 0.5) is 0 Å². The van der Waals surface area contributed by atoms with Crippen LogP contribution in [-0.2, 0) is 9.53 Å². The van der Waals surface area contributed by atoms with Gasteiger partial charge in [0.1, 0.15) is 6.10 Å². The minimum atomic E-state index is -1.15. The number of carbonyl (C=O) groups is 1. The summed E-state index contributed by atoms with van der Waals surface area (Å²) in [6.07, 6.45) is 15.0. The highest BCUT2D eigenvalue weighted by Gasteiger charge is 2.64. The van der Waals surface area contributed by atoms with Crippen molar-refractivity contribution in [1.82, 2.24) is 5.32 Å². The Bertz CT molecular complexity index is 391. The summed E-state index contributed by atoms with van der Waals surface area (Å²) >= 11 is 0. The van der Waals surface area contributed by atoms with Gasteiger partial charge >= 0.3 is 0 Å². The molecule has 2 rings (SSSR count). The number of amides is 1. The molecular weight excluding hydrogens is 254 g/mol. The molecular formula is C16H25NO3. The second kappa shape index (κ2) is 7.04. The number of epoxide rings is 1. The molecule has 4 nitrogen and oxygen atoms in total. The first-order valence-corrected chi connectivity index (χ1v) is 7.67.